The van der Waals surface area contributed by atoms with Crippen molar-refractivity contribution in [3.63, 3.8) is 0 Å². The molecule has 17 heavy (non-hydrogen) atoms. The standard InChI is InChI=1S/C13H11Cl2PS/c1-16(17,12-6-2-10(14)3-7-12)13-8-4-11(15)5-9-13/h2-9H,1H3. The van der Waals surface area contributed by atoms with Gasteiger partial charge in [0, 0.05) is 16.1 Å². The molecule has 0 atom stereocenters. The van der Waals surface area contributed by atoms with Gasteiger partial charge in [0.2, 0.25) is 0 Å². The number of hydrogen-bond acceptors (Lipinski definition) is 1. The fraction of sp³-hybridized carbons (Fsp3) is 0.0769. The average molecular weight is 301 g/mol. The Morgan fingerprint density at radius 1 is 0.765 bits per heavy atom. The summed E-state index contributed by atoms with van der Waals surface area (Å²) < 4.78 is 0. The molecule has 0 radical (unpaired) electrons. The van der Waals surface area contributed by atoms with Crippen LogP contribution in [0.1, 0.15) is 0 Å². The lowest BCUT2D eigenvalue weighted by atomic mass is 10.4. The summed E-state index contributed by atoms with van der Waals surface area (Å²) in [7, 11) is 0. The van der Waals surface area contributed by atoms with E-state index in [1.54, 1.807) is 0 Å². The zero-order valence-electron chi connectivity index (χ0n) is 9.23. The van der Waals surface area contributed by atoms with Crippen LogP contribution < -0.4 is 10.6 Å². The van der Waals surface area contributed by atoms with Crippen molar-refractivity contribution in [1.82, 2.24) is 0 Å². The quantitative estimate of drug-likeness (QED) is 0.754. The van der Waals surface area contributed by atoms with Gasteiger partial charge in [0.05, 0.1) is 0 Å². The van der Waals surface area contributed by atoms with Gasteiger partial charge in [-0.25, -0.2) is 0 Å². The Labute approximate surface area is 117 Å². The van der Waals surface area contributed by atoms with E-state index in [9.17, 15) is 0 Å². The van der Waals surface area contributed by atoms with Crippen molar-refractivity contribution in [1.29, 1.82) is 0 Å². The largest absolute Gasteiger partial charge is 0.0879 e. The number of hydrogen-bond donors (Lipinski definition) is 0. The van der Waals surface area contributed by atoms with Crippen LogP contribution in [0.5, 0.6) is 0 Å². The molecule has 0 saturated carbocycles. The van der Waals surface area contributed by atoms with E-state index in [2.05, 4.69) is 6.66 Å². The first kappa shape index (κ1) is 13.1. The fourth-order valence-electron chi connectivity index (χ4n) is 1.60. The highest BCUT2D eigenvalue weighted by Gasteiger charge is 2.15. The summed E-state index contributed by atoms with van der Waals surface area (Å²) in [6, 6.07) is 13.9. The Bertz CT molecular complexity index is 511. The van der Waals surface area contributed by atoms with Crippen molar-refractivity contribution in [2.75, 3.05) is 6.66 Å². The molecular weight excluding hydrogens is 290 g/mol. The lowest BCUT2D eigenvalue weighted by molar-refractivity contribution is 1.74. The van der Waals surface area contributed by atoms with E-state index in [0.717, 1.165) is 10.0 Å². The Morgan fingerprint density at radius 2 is 1.06 bits per heavy atom. The van der Waals surface area contributed by atoms with Crippen LogP contribution in [0.2, 0.25) is 10.0 Å². The van der Waals surface area contributed by atoms with Gasteiger partial charge in [-0.15, -0.1) is 0 Å². The Kier molecular flexibility index (Phi) is 3.95. The highest BCUT2D eigenvalue weighted by Crippen LogP contribution is 2.39. The second-order valence-corrected chi connectivity index (χ2v) is 9.82. The van der Waals surface area contributed by atoms with Crippen LogP contribution in [0.15, 0.2) is 48.5 Å². The first-order valence-corrected chi connectivity index (χ1v) is 9.10. The summed E-state index contributed by atoms with van der Waals surface area (Å²) >= 11 is 17.6. The molecule has 0 heterocycles. The predicted octanol–water partition coefficient (Wildman–Crippen LogP) is 4.05. The first-order chi connectivity index (χ1) is 8.00. The van der Waals surface area contributed by atoms with E-state index < -0.39 is 6.04 Å². The van der Waals surface area contributed by atoms with Crippen LogP contribution in [0.25, 0.3) is 0 Å². The van der Waals surface area contributed by atoms with E-state index in [-0.39, 0.29) is 0 Å². The molecule has 0 fully saturated rings. The molecule has 0 aliphatic carbocycles. The van der Waals surface area contributed by atoms with Gasteiger partial charge >= 0.3 is 0 Å². The van der Waals surface area contributed by atoms with E-state index >= 15 is 0 Å². The van der Waals surface area contributed by atoms with E-state index in [0.29, 0.717) is 0 Å². The van der Waals surface area contributed by atoms with Gasteiger partial charge in [0.1, 0.15) is 0 Å². The van der Waals surface area contributed by atoms with Gasteiger partial charge in [-0.05, 0) is 41.5 Å². The first-order valence-electron chi connectivity index (χ1n) is 5.10. The van der Waals surface area contributed by atoms with Crippen LogP contribution in [0.4, 0.5) is 0 Å². The maximum atomic E-state index is 5.89. The van der Waals surface area contributed by atoms with E-state index in [4.69, 9.17) is 35.0 Å². The number of rotatable bonds is 2. The third-order valence-electron chi connectivity index (χ3n) is 2.64. The second kappa shape index (κ2) is 5.12. The van der Waals surface area contributed by atoms with Crippen LogP contribution in [0, 0.1) is 0 Å². The molecule has 0 aromatic heterocycles. The Hall–Kier alpha value is -0.330. The van der Waals surface area contributed by atoms with Crippen LogP contribution in [0.3, 0.4) is 0 Å². The topological polar surface area (TPSA) is 0 Å². The molecule has 0 nitrogen and oxygen atoms in total. The van der Waals surface area contributed by atoms with Gasteiger partial charge < -0.3 is 0 Å². The molecule has 2 aromatic rings. The molecule has 0 N–H and O–H groups in total. The fourth-order valence-corrected chi connectivity index (χ4v) is 4.32. The molecular formula is C13H11Cl2PS. The molecule has 0 aliphatic rings. The molecule has 0 amide bonds. The summed E-state index contributed by atoms with van der Waals surface area (Å²) in [5.41, 5.74) is 0. The van der Waals surface area contributed by atoms with Gasteiger partial charge in [-0.1, -0.05) is 59.3 Å². The second-order valence-electron chi connectivity index (χ2n) is 3.88. The summed E-state index contributed by atoms with van der Waals surface area (Å²) in [4.78, 5) is 0. The number of halogens is 2. The average Bonchev–Trinajstić information content (AvgIpc) is 2.30. The maximum Gasteiger partial charge on any atom is 0.0406 e. The van der Waals surface area contributed by atoms with Crippen LogP contribution in [-0.4, -0.2) is 6.66 Å². The third-order valence-corrected chi connectivity index (χ3v) is 6.97. The minimum atomic E-state index is -1.72. The molecule has 0 bridgehead atoms. The molecule has 0 unspecified atom stereocenters. The van der Waals surface area contributed by atoms with Crippen LogP contribution in [-0.2, 0) is 11.8 Å². The molecule has 4 heteroatoms. The summed E-state index contributed by atoms with van der Waals surface area (Å²) in [6.07, 6.45) is 0. The molecule has 2 aromatic carbocycles. The molecule has 0 spiro atoms. The van der Waals surface area contributed by atoms with E-state index in [1.165, 1.54) is 10.6 Å². The minimum Gasteiger partial charge on any atom is -0.0879 e. The predicted molar refractivity (Wildman–Crippen MR) is 82.4 cm³/mol. The van der Waals surface area contributed by atoms with Gasteiger partial charge in [-0.2, -0.15) is 0 Å². The highest BCUT2D eigenvalue weighted by atomic mass is 35.5. The zero-order valence-corrected chi connectivity index (χ0v) is 12.5. The molecule has 0 aliphatic heterocycles. The smallest absolute Gasteiger partial charge is 0.0406 e. The summed E-state index contributed by atoms with van der Waals surface area (Å²) in [6.45, 7) is 2.12. The number of benzene rings is 2. The Balaban J connectivity index is 2.45. The minimum absolute atomic E-state index is 0.736. The van der Waals surface area contributed by atoms with Crippen molar-refractivity contribution in [2.45, 2.75) is 0 Å². The highest BCUT2D eigenvalue weighted by molar-refractivity contribution is 8.21. The van der Waals surface area contributed by atoms with Gasteiger partial charge in [0.15, 0.2) is 0 Å². The SMILES string of the molecule is CP(=S)(c1ccc(Cl)cc1)c1ccc(Cl)cc1. The van der Waals surface area contributed by atoms with Crippen molar-refractivity contribution in [2.24, 2.45) is 0 Å². The summed E-state index contributed by atoms with van der Waals surface area (Å²) in [5.74, 6) is 0. The van der Waals surface area contributed by atoms with Crippen LogP contribution >= 0.6 is 29.2 Å². The van der Waals surface area contributed by atoms with Gasteiger partial charge in [0.25, 0.3) is 0 Å². The molecule has 0 saturated heterocycles. The molecule has 2 rings (SSSR count). The monoisotopic (exact) mass is 300 g/mol. The Morgan fingerprint density at radius 3 is 1.35 bits per heavy atom. The zero-order chi connectivity index (χ0) is 12.5. The maximum absolute atomic E-state index is 5.89. The summed E-state index contributed by atoms with van der Waals surface area (Å²) in [5, 5.41) is 3.80. The lowest BCUT2D eigenvalue weighted by Gasteiger charge is -2.18. The van der Waals surface area contributed by atoms with Crippen molar-refractivity contribution >= 4 is 51.7 Å². The lowest BCUT2D eigenvalue weighted by Crippen LogP contribution is -2.14. The normalized spacial score (nSPS) is 11.5. The van der Waals surface area contributed by atoms with E-state index in [1.807, 2.05) is 48.5 Å². The van der Waals surface area contributed by atoms with Crippen molar-refractivity contribution in [3.8, 4) is 0 Å². The molecule has 88 valence electrons. The third kappa shape index (κ3) is 2.92. The van der Waals surface area contributed by atoms with Crippen molar-refractivity contribution < 1.29 is 0 Å². The van der Waals surface area contributed by atoms with Crippen molar-refractivity contribution in [3.05, 3.63) is 58.6 Å². The van der Waals surface area contributed by atoms with Gasteiger partial charge in [-0.3, -0.25) is 0 Å².